The summed E-state index contributed by atoms with van der Waals surface area (Å²) in [4.78, 5) is 0.356. The van der Waals surface area contributed by atoms with Crippen LogP contribution in [0.4, 0.5) is 0 Å². The number of nitrogens with one attached hydrogen (secondary N) is 1. The Morgan fingerprint density at radius 3 is 2.44 bits per heavy atom. The van der Waals surface area contributed by atoms with Gasteiger partial charge in [-0.3, -0.25) is 0 Å². The molecule has 5 nitrogen and oxygen atoms in total. The van der Waals surface area contributed by atoms with Crippen LogP contribution in [-0.2, 0) is 16.4 Å². The molecule has 6 heteroatoms. The van der Waals surface area contributed by atoms with E-state index < -0.39 is 10.0 Å². The van der Waals surface area contributed by atoms with E-state index in [4.69, 9.17) is 9.47 Å². The lowest BCUT2D eigenvalue weighted by molar-refractivity contribution is 0.253. The fourth-order valence-corrected chi connectivity index (χ4v) is 5.12. The van der Waals surface area contributed by atoms with Crippen molar-refractivity contribution in [2.75, 3.05) is 13.7 Å². The topological polar surface area (TPSA) is 64.6 Å². The molecule has 2 aromatic rings. The van der Waals surface area contributed by atoms with Crippen molar-refractivity contribution in [3.63, 3.8) is 0 Å². The average molecular weight is 361 g/mol. The first-order valence-electron chi connectivity index (χ1n) is 8.20. The van der Waals surface area contributed by atoms with Gasteiger partial charge in [0.25, 0.3) is 0 Å². The minimum atomic E-state index is -3.62. The molecule has 1 aliphatic heterocycles. The van der Waals surface area contributed by atoms with Gasteiger partial charge in [0, 0.05) is 0 Å². The van der Waals surface area contributed by atoms with Crippen LogP contribution in [0.5, 0.6) is 11.5 Å². The maximum Gasteiger partial charge on any atom is 0.241 e. The van der Waals surface area contributed by atoms with Crippen molar-refractivity contribution in [2.45, 2.75) is 38.1 Å². The van der Waals surface area contributed by atoms with Crippen molar-refractivity contribution < 1.29 is 17.9 Å². The van der Waals surface area contributed by atoms with Gasteiger partial charge in [0.15, 0.2) is 0 Å². The van der Waals surface area contributed by atoms with Gasteiger partial charge in [0.05, 0.1) is 18.0 Å². The summed E-state index contributed by atoms with van der Waals surface area (Å²) in [5.41, 5.74) is 3.50. The van der Waals surface area contributed by atoms with Crippen LogP contribution < -0.4 is 14.2 Å². The quantitative estimate of drug-likeness (QED) is 0.909. The molecule has 0 fully saturated rings. The summed E-state index contributed by atoms with van der Waals surface area (Å²) in [5.74, 6) is 1.51. The lowest BCUT2D eigenvalue weighted by Crippen LogP contribution is -2.43. The Kier molecular flexibility index (Phi) is 4.75. The molecule has 2 aromatic carbocycles. The molecule has 1 N–H and O–H groups in total. The molecular weight excluding hydrogens is 338 g/mol. The van der Waals surface area contributed by atoms with Crippen molar-refractivity contribution >= 4 is 10.0 Å². The number of rotatable bonds is 4. The van der Waals surface area contributed by atoms with Gasteiger partial charge < -0.3 is 9.47 Å². The highest BCUT2D eigenvalue weighted by atomic mass is 32.2. The summed E-state index contributed by atoms with van der Waals surface area (Å²) in [6, 6.07) is 9.04. The van der Waals surface area contributed by atoms with E-state index in [1.807, 2.05) is 51.1 Å². The summed E-state index contributed by atoms with van der Waals surface area (Å²) in [6.07, 6.45) is 0.565. The first kappa shape index (κ1) is 17.8. The van der Waals surface area contributed by atoms with Gasteiger partial charge in [0.1, 0.15) is 18.1 Å². The Morgan fingerprint density at radius 1 is 1.12 bits per heavy atom. The predicted molar refractivity (Wildman–Crippen MR) is 97.0 cm³/mol. The van der Waals surface area contributed by atoms with Crippen LogP contribution in [0, 0.1) is 20.8 Å². The van der Waals surface area contributed by atoms with Gasteiger partial charge in [-0.05, 0) is 62.1 Å². The molecule has 0 saturated carbocycles. The molecular formula is C19H23NO4S. The van der Waals surface area contributed by atoms with E-state index in [-0.39, 0.29) is 6.04 Å². The number of sulfonamides is 1. The smallest absolute Gasteiger partial charge is 0.241 e. The van der Waals surface area contributed by atoms with E-state index >= 15 is 0 Å². The van der Waals surface area contributed by atoms with Crippen molar-refractivity contribution in [3.05, 3.63) is 52.6 Å². The number of benzene rings is 2. The molecule has 0 bridgehead atoms. The van der Waals surface area contributed by atoms with E-state index in [1.165, 1.54) is 0 Å². The molecule has 134 valence electrons. The second-order valence-corrected chi connectivity index (χ2v) is 8.19. The number of hydrogen-bond acceptors (Lipinski definition) is 4. The molecule has 0 spiro atoms. The number of ether oxygens (including phenoxy) is 2. The van der Waals surface area contributed by atoms with Crippen LogP contribution in [0.2, 0.25) is 0 Å². The molecule has 0 aliphatic carbocycles. The highest BCUT2D eigenvalue weighted by molar-refractivity contribution is 7.89. The van der Waals surface area contributed by atoms with Gasteiger partial charge in [-0.15, -0.1) is 0 Å². The Bertz CT molecular complexity index is 883. The van der Waals surface area contributed by atoms with Gasteiger partial charge in [-0.2, -0.15) is 0 Å². The van der Waals surface area contributed by atoms with E-state index in [0.29, 0.717) is 17.9 Å². The summed E-state index contributed by atoms with van der Waals surface area (Å²) in [5, 5.41) is 0. The van der Waals surface area contributed by atoms with Crippen LogP contribution >= 0.6 is 0 Å². The van der Waals surface area contributed by atoms with Crippen LogP contribution in [-0.4, -0.2) is 28.2 Å². The largest absolute Gasteiger partial charge is 0.497 e. The third-order valence-corrected chi connectivity index (χ3v) is 6.19. The first-order chi connectivity index (χ1) is 11.8. The van der Waals surface area contributed by atoms with Gasteiger partial charge in [-0.25, -0.2) is 13.1 Å². The zero-order valence-corrected chi connectivity index (χ0v) is 15.7. The maximum absolute atomic E-state index is 12.9. The Morgan fingerprint density at radius 2 is 1.80 bits per heavy atom. The molecule has 1 atom stereocenters. The molecule has 0 amide bonds. The highest BCUT2D eigenvalue weighted by Crippen LogP contribution is 2.29. The third-order valence-electron chi connectivity index (χ3n) is 4.37. The van der Waals surface area contributed by atoms with E-state index in [9.17, 15) is 8.42 Å². The SMILES string of the molecule is COc1ccc2c(c1)C[C@@H](NS(=O)(=O)c1c(C)cc(C)cc1C)CO2. The molecule has 0 radical (unpaired) electrons. The van der Waals surface area contributed by atoms with Gasteiger partial charge >= 0.3 is 0 Å². The minimum absolute atomic E-state index is 0.308. The molecule has 0 saturated heterocycles. The Hall–Kier alpha value is -2.05. The number of methoxy groups -OCH3 is 1. The summed E-state index contributed by atoms with van der Waals surface area (Å²) >= 11 is 0. The summed E-state index contributed by atoms with van der Waals surface area (Å²) < 4.78 is 39.5. The highest BCUT2D eigenvalue weighted by Gasteiger charge is 2.27. The van der Waals surface area contributed by atoms with E-state index in [1.54, 1.807) is 7.11 Å². The second-order valence-electron chi connectivity index (χ2n) is 6.53. The van der Waals surface area contributed by atoms with Crippen molar-refractivity contribution in [1.82, 2.24) is 4.72 Å². The second kappa shape index (κ2) is 6.69. The summed E-state index contributed by atoms with van der Waals surface area (Å²) in [6.45, 7) is 5.92. The zero-order valence-electron chi connectivity index (χ0n) is 14.9. The van der Waals surface area contributed by atoms with Gasteiger partial charge in [-0.1, -0.05) is 17.7 Å². The minimum Gasteiger partial charge on any atom is -0.497 e. The molecule has 1 aliphatic rings. The molecule has 25 heavy (non-hydrogen) atoms. The van der Waals surface area contributed by atoms with Crippen molar-refractivity contribution in [1.29, 1.82) is 0 Å². The fourth-order valence-electron chi connectivity index (χ4n) is 3.44. The zero-order chi connectivity index (χ0) is 18.2. The standard InChI is InChI=1S/C19H23NO4S/c1-12-7-13(2)19(14(3)8-12)25(21,22)20-16-9-15-10-17(23-4)5-6-18(15)24-11-16/h5-8,10,16,20H,9,11H2,1-4H3/t16-/m1/s1. The first-order valence-corrected chi connectivity index (χ1v) is 9.68. The van der Waals surface area contributed by atoms with E-state index in [0.717, 1.165) is 33.8 Å². The predicted octanol–water partition coefficient (Wildman–Crippen LogP) is 2.90. The van der Waals surface area contributed by atoms with E-state index in [2.05, 4.69) is 4.72 Å². The number of fused-ring (bicyclic) bond motifs is 1. The lowest BCUT2D eigenvalue weighted by Gasteiger charge is -2.27. The monoisotopic (exact) mass is 361 g/mol. The summed E-state index contributed by atoms with van der Waals surface area (Å²) in [7, 11) is -2.01. The lowest BCUT2D eigenvalue weighted by atomic mass is 10.0. The van der Waals surface area contributed by atoms with Crippen LogP contribution in [0.3, 0.4) is 0 Å². The molecule has 0 aromatic heterocycles. The van der Waals surface area contributed by atoms with Crippen LogP contribution in [0.15, 0.2) is 35.2 Å². The van der Waals surface area contributed by atoms with Crippen LogP contribution in [0.25, 0.3) is 0 Å². The normalized spacial score (nSPS) is 16.9. The Balaban J connectivity index is 1.85. The van der Waals surface area contributed by atoms with Crippen LogP contribution in [0.1, 0.15) is 22.3 Å². The third kappa shape index (κ3) is 3.65. The fraction of sp³-hybridized carbons (Fsp3) is 0.368. The Labute approximate surface area is 149 Å². The van der Waals surface area contributed by atoms with Crippen molar-refractivity contribution in [2.24, 2.45) is 0 Å². The molecule has 3 rings (SSSR count). The average Bonchev–Trinajstić information content (AvgIpc) is 2.52. The number of hydrogen-bond donors (Lipinski definition) is 1. The van der Waals surface area contributed by atoms with Gasteiger partial charge in [0.2, 0.25) is 10.0 Å². The molecule has 0 unspecified atom stereocenters. The number of aryl methyl sites for hydroxylation is 3. The maximum atomic E-state index is 12.9. The molecule has 1 heterocycles. The van der Waals surface area contributed by atoms with Crippen molar-refractivity contribution in [3.8, 4) is 11.5 Å².